The van der Waals surface area contributed by atoms with Crippen LogP contribution in [-0.4, -0.2) is 71.1 Å². The highest BCUT2D eigenvalue weighted by Gasteiger charge is 2.28. The number of allylic oxidation sites excluding steroid dienone is 6. The summed E-state index contributed by atoms with van der Waals surface area (Å²) in [6.07, 6.45) is 33.7. The fourth-order valence-corrected chi connectivity index (χ4v) is 5.75. The number of ether oxygens (including phenoxy) is 2. The maximum Gasteiger partial charge on any atom is 0.472 e. The highest BCUT2D eigenvalue weighted by Crippen LogP contribution is 2.43. The Labute approximate surface area is 318 Å². The van der Waals surface area contributed by atoms with Crippen LogP contribution in [0.1, 0.15) is 149 Å². The number of aliphatic carboxylic acids is 1. The van der Waals surface area contributed by atoms with Crippen LogP contribution in [-0.2, 0) is 37.5 Å². The zero-order valence-electron chi connectivity index (χ0n) is 32.5. The Morgan fingerprint density at radius 1 is 0.679 bits per heavy atom. The molecule has 0 spiro atoms. The number of hydrogen-bond donors (Lipinski definition) is 4. The van der Waals surface area contributed by atoms with Gasteiger partial charge in [-0.2, -0.15) is 0 Å². The maximum atomic E-state index is 12.6. The van der Waals surface area contributed by atoms with Gasteiger partial charge in [0.1, 0.15) is 12.6 Å². The summed E-state index contributed by atoms with van der Waals surface area (Å²) in [5, 5.41) is 18.7. The molecule has 2 unspecified atom stereocenters. The molecule has 0 amide bonds. The Balaban J connectivity index is 4.52. The third-order valence-corrected chi connectivity index (χ3v) is 9.09. The molecule has 0 aromatic heterocycles. The number of rotatable bonds is 36. The van der Waals surface area contributed by atoms with Crippen LogP contribution in [0, 0.1) is 0 Å². The van der Waals surface area contributed by atoms with E-state index >= 15 is 0 Å². The number of phosphoric acid groups is 1. The number of carboxylic acid groups (broad SMARTS) is 1. The SMILES string of the molecule is CC/C=C/CC(O)/C=C/C=C/CCCCCCCC(=O)O[C@H](COC(=O)CCCCCCC/C=C\CCCCCC)COP(=O)(O)OC[C@H](N)C(=O)O. The average Bonchev–Trinajstić information content (AvgIpc) is 3.12. The fourth-order valence-electron chi connectivity index (χ4n) is 4.98. The van der Waals surface area contributed by atoms with E-state index in [-0.39, 0.29) is 19.4 Å². The van der Waals surface area contributed by atoms with Crippen molar-refractivity contribution in [3.8, 4) is 0 Å². The van der Waals surface area contributed by atoms with Gasteiger partial charge in [0.2, 0.25) is 0 Å². The first-order valence-corrected chi connectivity index (χ1v) is 21.3. The third-order valence-electron chi connectivity index (χ3n) is 8.14. The smallest absolute Gasteiger partial charge is 0.472 e. The summed E-state index contributed by atoms with van der Waals surface area (Å²) in [7, 11) is -4.73. The molecule has 0 aliphatic rings. The van der Waals surface area contributed by atoms with E-state index in [9.17, 15) is 28.9 Å². The van der Waals surface area contributed by atoms with Crippen molar-refractivity contribution in [3.05, 3.63) is 48.6 Å². The van der Waals surface area contributed by atoms with E-state index in [4.69, 9.17) is 24.8 Å². The maximum absolute atomic E-state index is 12.6. The Kier molecular flexibility index (Phi) is 33.4. The van der Waals surface area contributed by atoms with Crippen molar-refractivity contribution in [1.29, 1.82) is 0 Å². The molecule has 0 bridgehead atoms. The van der Waals surface area contributed by atoms with Gasteiger partial charge in [-0.1, -0.05) is 120 Å². The first-order chi connectivity index (χ1) is 25.5. The minimum atomic E-state index is -4.73. The van der Waals surface area contributed by atoms with Gasteiger partial charge in [-0.05, 0) is 64.2 Å². The van der Waals surface area contributed by atoms with Gasteiger partial charge in [-0.25, -0.2) is 4.57 Å². The lowest BCUT2D eigenvalue weighted by atomic mass is 10.1. The van der Waals surface area contributed by atoms with E-state index < -0.39 is 57.2 Å². The lowest BCUT2D eigenvalue weighted by molar-refractivity contribution is -0.161. The number of aliphatic hydroxyl groups is 1. The normalized spacial score (nSPS) is 15.0. The number of hydrogen-bond acceptors (Lipinski definition) is 10. The number of esters is 2. The Morgan fingerprint density at radius 3 is 1.83 bits per heavy atom. The van der Waals surface area contributed by atoms with Crippen molar-refractivity contribution in [2.75, 3.05) is 19.8 Å². The first kappa shape index (κ1) is 50.4. The van der Waals surface area contributed by atoms with Crippen LogP contribution in [0.2, 0.25) is 0 Å². The van der Waals surface area contributed by atoms with Gasteiger partial charge >= 0.3 is 25.7 Å². The Hall–Kier alpha value is -2.60. The topological polar surface area (TPSA) is 192 Å². The van der Waals surface area contributed by atoms with Crippen molar-refractivity contribution in [2.45, 2.75) is 167 Å². The van der Waals surface area contributed by atoms with E-state index in [2.05, 4.69) is 36.6 Å². The van der Waals surface area contributed by atoms with E-state index in [1.54, 1.807) is 6.08 Å². The minimum Gasteiger partial charge on any atom is -0.480 e. The van der Waals surface area contributed by atoms with Crippen LogP contribution >= 0.6 is 7.82 Å². The predicted molar refractivity (Wildman–Crippen MR) is 209 cm³/mol. The zero-order chi connectivity index (χ0) is 39.4. The molecule has 0 aromatic carbocycles. The van der Waals surface area contributed by atoms with Gasteiger partial charge in [0.05, 0.1) is 19.3 Å². The molecule has 0 saturated heterocycles. The number of carbonyl (C=O) groups excluding carboxylic acids is 2. The number of carbonyl (C=O) groups is 3. The monoisotopic (exact) mass is 771 g/mol. The summed E-state index contributed by atoms with van der Waals surface area (Å²) in [5.41, 5.74) is 5.31. The van der Waals surface area contributed by atoms with Crippen LogP contribution in [0.15, 0.2) is 48.6 Å². The van der Waals surface area contributed by atoms with Gasteiger partial charge in [0.15, 0.2) is 6.10 Å². The number of unbranched alkanes of at least 4 members (excludes halogenated alkanes) is 14. The van der Waals surface area contributed by atoms with Crippen LogP contribution in [0.4, 0.5) is 0 Å². The number of carboxylic acids is 1. The van der Waals surface area contributed by atoms with Crippen LogP contribution < -0.4 is 5.73 Å². The summed E-state index contributed by atoms with van der Waals surface area (Å²) in [6.45, 7) is 2.51. The molecule has 4 atom stereocenters. The van der Waals surface area contributed by atoms with E-state index in [1.165, 1.54) is 25.7 Å². The van der Waals surface area contributed by atoms with E-state index in [0.29, 0.717) is 19.3 Å². The van der Waals surface area contributed by atoms with Crippen LogP contribution in [0.3, 0.4) is 0 Å². The summed E-state index contributed by atoms with van der Waals surface area (Å²) < 4.78 is 32.5. The predicted octanol–water partition coefficient (Wildman–Crippen LogP) is 8.80. The van der Waals surface area contributed by atoms with Crippen molar-refractivity contribution in [1.82, 2.24) is 0 Å². The van der Waals surface area contributed by atoms with Crippen molar-refractivity contribution < 1.29 is 52.6 Å². The number of aliphatic hydroxyl groups excluding tert-OH is 1. The van der Waals surface area contributed by atoms with E-state index in [0.717, 1.165) is 77.0 Å². The van der Waals surface area contributed by atoms with Crippen LogP contribution in [0.25, 0.3) is 0 Å². The molecule has 0 aromatic rings. The number of phosphoric ester groups is 1. The molecule has 306 valence electrons. The second kappa shape index (κ2) is 35.1. The van der Waals surface area contributed by atoms with Gasteiger partial charge in [0.25, 0.3) is 0 Å². The molecule has 0 fully saturated rings. The first-order valence-electron chi connectivity index (χ1n) is 19.8. The molecule has 53 heavy (non-hydrogen) atoms. The summed E-state index contributed by atoms with van der Waals surface area (Å²) in [6, 6.07) is -1.54. The van der Waals surface area contributed by atoms with Gasteiger partial charge < -0.3 is 30.3 Å². The van der Waals surface area contributed by atoms with E-state index in [1.807, 2.05) is 24.3 Å². The molecule has 12 nitrogen and oxygen atoms in total. The Morgan fingerprint density at radius 2 is 1.23 bits per heavy atom. The molecular weight excluding hydrogens is 701 g/mol. The molecule has 13 heteroatoms. The van der Waals surface area contributed by atoms with Crippen molar-refractivity contribution in [2.24, 2.45) is 5.73 Å². The molecule has 0 heterocycles. The minimum absolute atomic E-state index is 0.112. The molecule has 0 aliphatic carbocycles. The van der Waals surface area contributed by atoms with Crippen molar-refractivity contribution >= 4 is 25.7 Å². The summed E-state index contributed by atoms with van der Waals surface area (Å²) in [4.78, 5) is 45.8. The highest BCUT2D eigenvalue weighted by atomic mass is 31.2. The standard InChI is InChI=1S/C40H70NO11P/c1-3-5-7-8-9-10-11-12-13-16-19-22-26-30-38(43)49-32-36(33-50-53(47,48)51-34-37(41)40(45)46)52-39(44)31-27-23-20-17-14-15-18-21-25-29-35(42)28-24-6-4-2/h6,10-11,18,21,24-25,29,35-37,42H,3-5,7-9,12-17,19-20,22-23,26-28,30-34,41H2,1-2H3,(H,45,46)(H,47,48)/b11-10-,21-18+,24-6+,29-25+/t35?,36-,37+/m1/s1. The molecule has 5 N–H and O–H groups in total. The highest BCUT2D eigenvalue weighted by molar-refractivity contribution is 7.47. The molecule has 0 aliphatic heterocycles. The lowest BCUT2D eigenvalue weighted by Crippen LogP contribution is -2.34. The largest absolute Gasteiger partial charge is 0.480 e. The number of nitrogens with two attached hydrogens (primary N) is 1. The van der Waals surface area contributed by atoms with Gasteiger partial charge in [0, 0.05) is 12.8 Å². The fraction of sp³-hybridized carbons (Fsp3) is 0.725. The van der Waals surface area contributed by atoms with Crippen molar-refractivity contribution in [3.63, 3.8) is 0 Å². The molecule has 0 radical (unpaired) electrons. The van der Waals surface area contributed by atoms with Crippen LogP contribution in [0.5, 0.6) is 0 Å². The quantitative estimate of drug-likeness (QED) is 0.0156. The average molecular weight is 772 g/mol. The second-order valence-electron chi connectivity index (χ2n) is 13.2. The molecule has 0 rings (SSSR count). The summed E-state index contributed by atoms with van der Waals surface area (Å²) in [5.74, 6) is -2.46. The molecule has 0 saturated carbocycles. The second-order valence-corrected chi connectivity index (χ2v) is 14.7. The molecular formula is C40H70NO11P. The van der Waals surface area contributed by atoms with Gasteiger partial charge in [-0.3, -0.25) is 23.4 Å². The van der Waals surface area contributed by atoms with Gasteiger partial charge in [-0.15, -0.1) is 0 Å². The lowest BCUT2D eigenvalue weighted by Gasteiger charge is -2.20. The zero-order valence-corrected chi connectivity index (χ0v) is 33.3. The third kappa shape index (κ3) is 34.9. The Bertz CT molecular complexity index is 1110. The summed E-state index contributed by atoms with van der Waals surface area (Å²) >= 11 is 0.